The Hall–Kier alpha value is -0.170. The average molecular weight is 233 g/mol. The van der Waals surface area contributed by atoms with Crippen molar-refractivity contribution in [2.24, 2.45) is 0 Å². The molecule has 0 N–H and O–H groups in total. The van der Waals surface area contributed by atoms with Crippen LogP contribution in [0.15, 0.2) is 0 Å². The maximum Gasteiger partial charge on any atom is 0.282 e. The van der Waals surface area contributed by atoms with Gasteiger partial charge in [-0.1, -0.05) is 0 Å². The number of piperidine rings is 1. The first-order valence-corrected chi connectivity index (χ1v) is 6.83. The molecule has 0 spiro atoms. The second-order valence-corrected chi connectivity index (χ2v) is 6.45. The summed E-state index contributed by atoms with van der Waals surface area (Å²) in [6.07, 6.45) is 1.89. The maximum absolute atomic E-state index is 11.9. The van der Waals surface area contributed by atoms with E-state index in [0.29, 0.717) is 13.1 Å². The van der Waals surface area contributed by atoms with Crippen LogP contribution in [0.3, 0.4) is 0 Å². The Balaban J connectivity index is 1.98. The zero-order chi connectivity index (χ0) is 11.1. The van der Waals surface area contributed by atoms with Gasteiger partial charge >= 0.3 is 0 Å². The first-order chi connectivity index (χ1) is 7.01. The lowest BCUT2D eigenvalue weighted by Crippen LogP contribution is -2.46. The van der Waals surface area contributed by atoms with Crippen LogP contribution >= 0.6 is 0 Å². The molecule has 2 aliphatic heterocycles. The summed E-state index contributed by atoms with van der Waals surface area (Å²) >= 11 is 0. The molecule has 15 heavy (non-hydrogen) atoms. The van der Waals surface area contributed by atoms with Crippen LogP contribution in [0.1, 0.15) is 12.8 Å². The summed E-state index contributed by atoms with van der Waals surface area (Å²) < 4.78 is 26.9. The minimum Gasteiger partial charge on any atom is -0.306 e. The molecule has 2 heterocycles. The minimum absolute atomic E-state index is 0.187. The summed E-state index contributed by atoms with van der Waals surface area (Å²) in [6.45, 7) is 3.37. The predicted octanol–water partition coefficient (Wildman–Crippen LogP) is -0.427. The second kappa shape index (κ2) is 4.01. The lowest BCUT2D eigenvalue weighted by atomic mass is 10.1. The Morgan fingerprint density at radius 3 is 2.13 bits per heavy atom. The van der Waals surface area contributed by atoms with Gasteiger partial charge < -0.3 is 4.90 Å². The van der Waals surface area contributed by atoms with Crippen molar-refractivity contribution in [2.75, 3.05) is 40.3 Å². The highest BCUT2D eigenvalue weighted by atomic mass is 32.2. The molecular weight excluding hydrogens is 214 g/mol. The number of hydrogen-bond acceptors (Lipinski definition) is 3. The van der Waals surface area contributed by atoms with E-state index in [4.69, 9.17) is 0 Å². The summed E-state index contributed by atoms with van der Waals surface area (Å²) in [5, 5.41) is 0. The van der Waals surface area contributed by atoms with Crippen LogP contribution in [0.2, 0.25) is 0 Å². The molecule has 2 fully saturated rings. The van der Waals surface area contributed by atoms with Gasteiger partial charge in [0.15, 0.2) is 0 Å². The predicted molar refractivity (Wildman–Crippen MR) is 58.8 cm³/mol. The maximum atomic E-state index is 11.9. The zero-order valence-corrected chi connectivity index (χ0v) is 10.2. The van der Waals surface area contributed by atoms with Gasteiger partial charge in [-0.15, -0.1) is 0 Å². The lowest BCUT2D eigenvalue weighted by Gasteiger charge is -2.34. The lowest BCUT2D eigenvalue weighted by molar-refractivity contribution is 0.195. The smallest absolute Gasteiger partial charge is 0.282 e. The fourth-order valence-electron chi connectivity index (χ4n) is 2.00. The standard InChI is InChI=1S/C9H19N3O2S/c1-10-5-3-9(4-6-10)11(2)15(13,14)12-7-8-12/h9H,3-8H2,1-2H3. The van der Waals surface area contributed by atoms with Crippen LogP contribution in [-0.2, 0) is 10.2 Å². The third-order valence-corrected chi connectivity index (χ3v) is 5.34. The Bertz CT molecular complexity index is 318. The van der Waals surface area contributed by atoms with Crippen LogP contribution in [0.25, 0.3) is 0 Å². The normalized spacial score (nSPS) is 26.1. The molecule has 0 aromatic carbocycles. The fraction of sp³-hybridized carbons (Fsp3) is 1.00. The van der Waals surface area contributed by atoms with Crippen molar-refractivity contribution in [3.8, 4) is 0 Å². The number of nitrogens with zero attached hydrogens (tertiary/aromatic N) is 3. The van der Waals surface area contributed by atoms with Crippen molar-refractivity contribution in [1.82, 2.24) is 13.5 Å². The molecule has 0 aromatic heterocycles. The highest BCUT2D eigenvalue weighted by Gasteiger charge is 2.38. The fourth-order valence-corrected chi connectivity index (χ4v) is 3.50. The van der Waals surface area contributed by atoms with E-state index >= 15 is 0 Å². The molecule has 5 nitrogen and oxygen atoms in total. The molecule has 0 unspecified atom stereocenters. The van der Waals surface area contributed by atoms with Gasteiger partial charge in [0, 0.05) is 26.2 Å². The van der Waals surface area contributed by atoms with Crippen LogP contribution < -0.4 is 0 Å². The van der Waals surface area contributed by atoms with Gasteiger partial charge in [0.05, 0.1) is 0 Å². The van der Waals surface area contributed by atoms with Crippen molar-refractivity contribution in [3.63, 3.8) is 0 Å². The van der Waals surface area contributed by atoms with Gasteiger partial charge in [-0.05, 0) is 33.0 Å². The number of hydrogen-bond donors (Lipinski definition) is 0. The number of likely N-dealkylation sites (tertiary alicyclic amines) is 1. The van der Waals surface area contributed by atoms with E-state index < -0.39 is 10.2 Å². The Morgan fingerprint density at radius 2 is 1.67 bits per heavy atom. The van der Waals surface area contributed by atoms with Crippen LogP contribution in [0.5, 0.6) is 0 Å². The van der Waals surface area contributed by atoms with Gasteiger partial charge in [-0.3, -0.25) is 0 Å². The van der Waals surface area contributed by atoms with Crippen molar-refractivity contribution in [2.45, 2.75) is 18.9 Å². The monoisotopic (exact) mass is 233 g/mol. The van der Waals surface area contributed by atoms with E-state index in [2.05, 4.69) is 11.9 Å². The molecule has 2 aliphatic rings. The Labute approximate surface area is 91.8 Å². The third-order valence-electron chi connectivity index (χ3n) is 3.30. The quantitative estimate of drug-likeness (QED) is 0.622. The van der Waals surface area contributed by atoms with E-state index in [-0.39, 0.29) is 6.04 Å². The SMILES string of the molecule is CN1CCC(N(C)S(=O)(=O)N2CC2)CC1. The molecule has 88 valence electrons. The van der Waals surface area contributed by atoms with E-state index in [1.807, 2.05) is 0 Å². The van der Waals surface area contributed by atoms with E-state index in [0.717, 1.165) is 25.9 Å². The molecule has 0 saturated carbocycles. The Morgan fingerprint density at radius 1 is 1.13 bits per heavy atom. The van der Waals surface area contributed by atoms with Crippen molar-refractivity contribution >= 4 is 10.2 Å². The van der Waals surface area contributed by atoms with Crippen LogP contribution in [0, 0.1) is 0 Å². The van der Waals surface area contributed by atoms with E-state index in [1.54, 1.807) is 11.4 Å². The number of rotatable bonds is 3. The Kier molecular flexibility index (Phi) is 3.03. The summed E-state index contributed by atoms with van der Waals surface area (Å²) in [6, 6.07) is 0.187. The van der Waals surface area contributed by atoms with Crippen molar-refractivity contribution < 1.29 is 8.42 Å². The molecule has 0 aliphatic carbocycles. The molecule has 2 rings (SSSR count). The van der Waals surface area contributed by atoms with Gasteiger partial charge in [0.2, 0.25) is 0 Å². The van der Waals surface area contributed by atoms with Gasteiger partial charge in [-0.25, -0.2) is 0 Å². The molecule has 6 heteroatoms. The first-order valence-electron chi connectivity index (χ1n) is 5.43. The van der Waals surface area contributed by atoms with Crippen LogP contribution in [0.4, 0.5) is 0 Å². The third kappa shape index (κ3) is 2.33. The summed E-state index contributed by atoms with van der Waals surface area (Å²) in [7, 11) is 0.656. The molecule has 0 bridgehead atoms. The molecule has 2 saturated heterocycles. The molecule has 0 radical (unpaired) electrons. The van der Waals surface area contributed by atoms with Crippen LogP contribution in [-0.4, -0.2) is 68.2 Å². The van der Waals surface area contributed by atoms with E-state index in [1.165, 1.54) is 4.31 Å². The molecule has 0 atom stereocenters. The van der Waals surface area contributed by atoms with Gasteiger partial charge in [-0.2, -0.15) is 17.0 Å². The summed E-state index contributed by atoms with van der Waals surface area (Å²) in [5.74, 6) is 0. The second-order valence-electron chi connectivity index (χ2n) is 4.46. The van der Waals surface area contributed by atoms with Gasteiger partial charge in [0.1, 0.15) is 0 Å². The highest BCUT2D eigenvalue weighted by Crippen LogP contribution is 2.22. The van der Waals surface area contributed by atoms with Crippen molar-refractivity contribution in [1.29, 1.82) is 0 Å². The zero-order valence-electron chi connectivity index (χ0n) is 9.39. The molecular formula is C9H19N3O2S. The minimum atomic E-state index is -3.13. The summed E-state index contributed by atoms with van der Waals surface area (Å²) in [5.41, 5.74) is 0. The molecule has 0 aromatic rings. The topological polar surface area (TPSA) is 43.6 Å². The largest absolute Gasteiger partial charge is 0.306 e. The average Bonchev–Trinajstić information content (AvgIpc) is 3.01. The summed E-state index contributed by atoms with van der Waals surface area (Å²) in [4.78, 5) is 2.24. The van der Waals surface area contributed by atoms with E-state index in [9.17, 15) is 8.42 Å². The first kappa shape index (κ1) is 11.3. The van der Waals surface area contributed by atoms with Crippen molar-refractivity contribution in [3.05, 3.63) is 0 Å². The highest BCUT2D eigenvalue weighted by molar-refractivity contribution is 7.87. The van der Waals surface area contributed by atoms with Gasteiger partial charge in [0.25, 0.3) is 10.2 Å². The molecule has 0 amide bonds.